The van der Waals surface area contributed by atoms with Gasteiger partial charge in [-0.2, -0.15) is 5.10 Å². The molecule has 0 atom stereocenters. The summed E-state index contributed by atoms with van der Waals surface area (Å²) in [6, 6.07) is 13.2. The summed E-state index contributed by atoms with van der Waals surface area (Å²) in [5, 5.41) is 7.57. The Hall–Kier alpha value is -3.28. The van der Waals surface area contributed by atoms with Crippen LogP contribution in [0.2, 0.25) is 0 Å². The van der Waals surface area contributed by atoms with Gasteiger partial charge in [-0.05, 0) is 67.8 Å². The first kappa shape index (κ1) is 18.1. The third-order valence-corrected chi connectivity index (χ3v) is 5.06. The summed E-state index contributed by atoms with van der Waals surface area (Å²) in [5.74, 6) is 1.33. The van der Waals surface area contributed by atoms with Gasteiger partial charge in [-0.3, -0.25) is 4.79 Å². The van der Waals surface area contributed by atoms with Crippen LogP contribution in [0.5, 0.6) is 11.5 Å². The van der Waals surface area contributed by atoms with Crippen molar-refractivity contribution in [3.05, 3.63) is 70.5 Å². The molecule has 28 heavy (non-hydrogen) atoms. The van der Waals surface area contributed by atoms with Crippen molar-refractivity contribution >= 4 is 5.91 Å². The predicted molar refractivity (Wildman–Crippen MR) is 106 cm³/mol. The summed E-state index contributed by atoms with van der Waals surface area (Å²) >= 11 is 0. The molecule has 0 unspecified atom stereocenters. The predicted octanol–water partition coefficient (Wildman–Crippen LogP) is 3.71. The highest BCUT2D eigenvalue weighted by Crippen LogP contribution is 2.32. The van der Waals surface area contributed by atoms with Gasteiger partial charge >= 0.3 is 0 Å². The average Bonchev–Trinajstić information content (AvgIpc) is 3.29. The third kappa shape index (κ3) is 3.33. The molecule has 2 aromatic carbocycles. The van der Waals surface area contributed by atoms with Crippen molar-refractivity contribution < 1.29 is 14.3 Å². The Morgan fingerprint density at radius 2 is 1.86 bits per heavy atom. The Labute approximate surface area is 164 Å². The van der Waals surface area contributed by atoms with Crippen LogP contribution in [0.3, 0.4) is 0 Å². The number of carbonyl (C=O) groups excluding carboxylic acids is 1. The van der Waals surface area contributed by atoms with Crippen LogP contribution in [-0.4, -0.2) is 22.5 Å². The fourth-order valence-corrected chi connectivity index (χ4v) is 3.53. The molecule has 0 aliphatic carbocycles. The number of benzene rings is 2. The van der Waals surface area contributed by atoms with Crippen LogP contribution in [0, 0.1) is 13.8 Å². The number of fused-ring (bicyclic) bond motifs is 1. The Kier molecular flexibility index (Phi) is 4.77. The average molecular weight is 377 g/mol. The monoisotopic (exact) mass is 377 g/mol. The second-order valence-corrected chi connectivity index (χ2v) is 6.83. The Bertz CT molecular complexity index is 1020. The molecule has 6 heteroatoms. The molecule has 0 bridgehead atoms. The lowest BCUT2D eigenvalue weighted by atomic mass is 10.1. The summed E-state index contributed by atoms with van der Waals surface area (Å²) in [4.78, 5) is 12.5. The van der Waals surface area contributed by atoms with Crippen LogP contribution in [-0.2, 0) is 13.0 Å². The van der Waals surface area contributed by atoms with E-state index in [0.717, 1.165) is 34.8 Å². The van der Waals surface area contributed by atoms with Gasteiger partial charge in [0.05, 0.1) is 11.4 Å². The van der Waals surface area contributed by atoms with Gasteiger partial charge in [0.1, 0.15) is 0 Å². The molecular weight excluding hydrogens is 354 g/mol. The number of aromatic nitrogens is 2. The molecule has 1 aliphatic rings. The van der Waals surface area contributed by atoms with Gasteiger partial charge in [0.15, 0.2) is 11.5 Å². The van der Waals surface area contributed by atoms with Crippen molar-refractivity contribution in [2.24, 2.45) is 0 Å². The van der Waals surface area contributed by atoms with Crippen molar-refractivity contribution in [3.8, 4) is 17.2 Å². The number of hydrogen-bond donors (Lipinski definition) is 1. The molecule has 2 heterocycles. The van der Waals surface area contributed by atoms with E-state index in [2.05, 4.69) is 24.3 Å². The van der Waals surface area contributed by atoms with Crippen LogP contribution in [0.25, 0.3) is 5.69 Å². The minimum absolute atomic E-state index is 0.119. The number of nitrogens with one attached hydrogen (secondary N) is 1. The van der Waals surface area contributed by atoms with Gasteiger partial charge in [-0.15, -0.1) is 0 Å². The molecule has 6 nitrogen and oxygen atoms in total. The van der Waals surface area contributed by atoms with E-state index in [1.807, 2.05) is 54.1 Å². The molecule has 0 saturated carbocycles. The smallest absolute Gasteiger partial charge is 0.251 e. The maximum Gasteiger partial charge on any atom is 0.251 e. The van der Waals surface area contributed by atoms with Crippen LogP contribution in [0.1, 0.15) is 39.8 Å². The minimum atomic E-state index is -0.119. The molecule has 1 aliphatic heterocycles. The van der Waals surface area contributed by atoms with Gasteiger partial charge in [0.2, 0.25) is 6.79 Å². The molecule has 0 saturated heterocycles. The lowest BCUT2D eigenvalue weighted by molar-refractivity contribution is 0.0951. The maximum absolute atomic E-state index is 12.5. The Morgan fingerprint density at radius 3 is 2.57 bits per heavy atom. The molecule has 1 amide bonds. The summed E-state index contributed by atoms with van der Waals surface area (Å²) in [6.07, 6.45) is 0.956. The minimum Gasteiger partial charge on any atom is -0.454 e. The standard InChI is InChI=1S/C22H23N3O3/c1-4-19-14(2)24-25(15(19)3)18-8-6-17(7-9-18)22(26)23-12-16-5-10-20-21(11-16)28-13-27-20/h5-11H,4,12-13H2,1-3H3,(H,23,26). The van der Waals surface area contributed by atoms with E-state index >= 15 is 0 Å². The third-order valence-electron chi connectivity index (χ3n) is 5.06. The highest BCUT2D eigenvalue weighted by atomic mass is 16.7. The van der Waals surface area contributed by atoms with Gasteiger partial charge in [-0.25, -0.2) is 4.68 Å². The van der Waals surface area contributed by atoms with Gasteiger partial charge < -0.3 is 14.8 Å². The fourth-order valence-electron chi connectivity index (χ4n) is 3.53. The van der Waals surface area contributed by atoms with Crippen molar-refractivity contribution in [1.82, 2.24) is 15.1 Å². The first-order valence-electron chi connectivity index (χ1n) is 9.39. The highest BCUT2D eigenvalue weighted by molar-refractivity contribution is 5.94. The van der Waals surface area contributed by atoms with E-state index in [4.69, 9.17) is 9.47 Å². The quantitative estimate of drug-likeness (QED) is 0.736. The largest absolute Gasteiger partial charge is 0.454 e. The zero-order valence-corrected chi connectivity index (χ0v) is 16.3. The van der Waals surface area contributed by atoms with E-state index in [-0.39, 0.29) is 12.7 Å². The number of rotatable bonds is 5. The summed E-state index contributed by atoms with van der Waals surface area (Å²) in [5.41, 5.74) is 5.98. The van der Waals surface area contributed by atoms with Gasteiger partial charge in [0, 0.05) is 17.8 Å². The van der Waals surface area contributed by atoms with Gasteiger partial charge in [-0.1, -0.05) is 13.0 Å². The van der Waals surface area contributed by atoms with E-state index < -0.39 is 0 Å². The molecule has 0 radical (unpaired) electrons. The maximum atomic E-state index is 12.5. The molecular formula is C22H23N3O3. The first-order chi connectivity index (χ1) is 13.6. The number of aryl methyl sites for hydroxylation is 1. The molecule has 0 fully saturated rings. The summed E-state index contributed by atoms with van der Waals surface area (Å²) in [6.45, 7) is 6.90. The normalized spacial score (nSPS) is 12.2. The van der Waals surface area contributed by atoms with E-state index in [1.54, 1.807) is 0 Å². The summed E-state index contributed by atoms with van der Waals surface area (Å²) < 4.78 is 12.6. The number of hydrogen-bond acceptors (Lipinski definition) is 4. The van der Waals surface area contributed by atoms with Crippen molar-refractivity contribution in [2.45, 2.75) is 33.7 Å². The summed E-state index contributed by atoms with van der Waals surface area (Å²) in [7, 11) is 0. The Balaban J connectivity index is 1.44. The van der Waals surface area contributed by atoms with Crippen molar-refractivity contribution in [2.75, 3.05) is 6.79 Å². The van der Waals surface area contributed by atoms with E-state index in [9.17, 15) is 4.79 Å². The lowest BCUT2D eigenvalue weighted by Crippen LogP contribution is -2.22. The molecule has 0 spiro atoms. The Morgan fingerprint density at radius 1 is 1.11 bits per heavy atom. The molecule has 3 aromatic rings. The number of amides is 1. The number of ether oxygens (including phenoxy) is 2. The topological polar surface area (TPSA) is 65.4 Å². The van der Waals surface area contributed by atoms with Crippen LogP contribution in [0.15, 0.2) is 42.5 Å². The fraction of sp³-hybridized carbons (Fsp3) is 0.273. The zero-order chi connectivity index (χ0) is 19.7. The highest BCUT2D eigenvalue weighted by Gasteiger charge is 2.14. The van der Waals surface area contributed by atoms with Crippen molar-refractivity contribution in [3.63, 3.8) is 0 Å². The van der Waals surface area contributed by atoms with Crippen LogP contribution >= 0.6 is 0 Å². The molecule has 4 rings (SSSR count). The van der Waals surface area contributed by atoms with Gasteiger partial charge in [0.25, 0.3) is 5.91 Å². The molecule has 1 aromatic heterocycles. The van der Waals surface area contributed by atoms with Crippen molar-refractivity contribution in [1.29, 1.82) is 0 Å². The first-order valence-corrected chi connectivity index (χ1v) is 9.39. The van der Waals surface area contributed by atoms with Crippen LogP contribution < -0.4 is 14.8 Å². The second-order valence-electron chi connectivity index (χ2n) is 6.83. The number of carbonyl (C=O) groups is 1. The zero-order valence-electron chi connectivity index (χ0n) is 16.3. The number of nitrogens with zero attached hydrogens (tertiary/aromatic N) is 2. The molecule has 144 valence electrons. The second kappa shape index (κ2) is 7.38. The lowest BCUT2D eigenvalue weighted by Gasteiger charge is -2.08. The van der Waals surface area contributed by atoms with E-state index in [0.29, 0.717) is 17.9 Å². The molecule has 1 N–H and O–H groups in total. The SMILES string of the molecule is CCc1c(C)nn(-c2ccc(C(=O)NCc3ccc4c(c3)OCO4)cc2)c1C. The van der Waals surface area contributed by atoms with Crippen LogP contribution in [0.4, 0.5) is 0 Å². The van der Waals surface area contributed by atoms with E-state index in [1.165, 1.54) is 5.56 Å².